The van der Waals surface area contributed by atoms with Crippen molar-refractivity contribution in [2.75, 3.05) is 5.32 Å². The zero-order valence-electron chi connectivity index (χ0n) is 8.44. The Bertz CT molecular complexity index is 451. The van der Waals surface area contributed by atoms with Crippen molar-refractivity contribution in [3.05, 3.63) is 48.0 Å². The van der Waals surface area contributed by atoms with Crippen LogP contribution in [-0.2, 0) is 13.6 Å². The van der Waals surface area contributed by atoms with Gasteiger partial charge in [-0.15, -0.1) is 0 Å². The van der Waals surface area contributed by atoms with E-state index in [1.54, 1.807) is 16.9 Å². The number of hydrogen-bond acceptors (Lipinski definition) is 2. The number of hydrogen-bond donors (Lipinski definition) is 1. The van der Waals surface area contributed by atoms with Gasteiger partial charge in [0, 0.05) is 31.0 Å². The molecule has 2 rings (SSSR count). The summed E-state index contributed by atoms with van der Waals surface area (Å²) in [7, 11) is 1.87. The Morgan fingerprint density at radius 2 is 2.33 bits per heavy atom. The number of rotatable bonds is 3. The third-order valence-corrected chi connectivity index (χ3v) is 2.08. The van der Waals surface area contributed by atoms with Gasteiger partial charge in [0.1, 0.15) is 5.82 Å². The molecule has 0 aliphatic rings. The fourth-order valence-electron chi connectivity index (χ4n) is 1.37. The lowest BCUT2D eigenvalue weighted by Gasteiger charge is -2.03. The minimum atomic E-state index is -0.230. The molecule has 0 fully saturated rings. The van der Waals surface area contributed by atoms with E-state index < -0.39 is 0 Å². The van der Waals surface area contributed by atoms with E-state index >= 15 is 0 Å². The second-order valence-electron chi connectivity index (χ2n) is 3.39. The van der Waals surface area contributed by atoms with Crippen LogP contribution < -0.4 is 5.32 Å². The van der Waals surface area contributed by atoms with Crippen LogP contribution in [0.1, 0.15) is 5.56 Å². The standard InChI is InChI=1S/C11H12FN3/c1-15-8-9(7-14-15)6-13-11-4-2-3-10(12)5-11/h2-5,7-8,13H,6H2,1H3. The highest BCUT2D eigenvalue weighted by atomic mass is 19.1. The number of aromatic nitrogens is 2. The first-order valence-electron chi connectivity index (χ1n) is 4.71. The van der Waals surface area contributed by atoms with Crippen LogP contribution in [0.3, 0.4) is 0 Å². The maximum absolute atomic E-state index is 12.8. The summed E-state index contributed by atoms with van der Waals surface area (Å²) in [4.78, 5) is 0. The van der Waals surface area contributed by atoms with Crippen molar-refractivity contribution in [2.24, 2.45) is 7.05 Å². The number of aryl methyl sites for hydroxylation is 1. The maximum atomic E-state index is 12.8. The fraction of sp³-hybridized carbons (Fsp3) is 0.182. The molecule has 0 atom stereocenters. The first-order valence-corrected chi connectivity index (χ1v) is 4.71. The molecule has 0 amide bonds. The van der Waals surface area contributed by atoms with Crippen LogP contribution in [0, 0.1) is 5.82 Å². The molecule has 0 saturated carbocycles. The Balaban J connectivity index is 1.99. The monoisotopic (exact) mass is 205 g/mol. The number of nitrogens with zero attached hydrogens (tertiary/aromatic N) is 2. The maximum Gasteiger partial charge on any atom is 0.125 e. The summed E-state index contributed by atoms with van der Waals surface area (Å²) < 4.78 is 14.6. The van der Waals surface area contributed by atoms with Gasteiger partial charge in [-0.2, -0.15) is 5.10 Å². The first-order chi connectivity index (χ1) is 7.24. The smallest absolute Gasteiger partial charge is 0.125 e. The molecular formula is C11H12FN3. The molecule has 0 bridgehead atoms. The van der Waals surface area contributed by atoms with Gasteiger partial charge in [0.15, 0.2) is 0 Å². The molecule has 0 saturated heterocycles. The van der Waals surface area contributed by atoms with Crippen LogP contribution in [0.15, 0.2) is 36.7 Å². The number of benzene rings is 1. The van der Waals surface area contributed by atoms with E-state index in [9.17, 15) is 4.39 Å². The SMILES string of the molecule is Cn1cc(CNc2cccc(F)c2)cn1. The Morgan fingerprint density at radius 3 is 3.00 bits per heavy atom. The van der Waals surface area contributed by atoms with E-state index in [1.807, 2.05) is 19.3 Å². The van der Waals surface area contributed by atoms with Crippen LogP contribution in [0.2, 0.25) is 0 Å². The molecule has 3 nitrogen and oxygen atoms in total. The number of halogens is 1. The van der Waals surface area contributed by atoms with Crippen molar-refractivity contribution in [3.63, 3.8) is 0 Å². The Hall–Kier alpha value is -1.84. The van der Waals surface area contributed by atoms with E-state index in [4.69, 9.17) is 0 Å². The fourth-order valence-corrected chi connectivity index (χ4v) is 1.37. The normalized spacial score (nSPS) is 10.3. The minimum Gasteiger partial charge on any atom is -0.381 e. The van der Waals surface area contributed by atoms with Crippen molar-refractivity contribution in [1.29, 1.82) is 0 Å². The highest BCUT2D eigenvalue weighted by molar-refractivity contribution is 5.43. The van der Waals surface area contributed by atoms with Crippen molar-refractivity contribution in [1.82, 2.24) is 9.78 Å². The quantitative estimate of drug-likeness (QED) is 0.832. The first kappa shape index (κ1) is 9.71. The molecule has 0 aliphatic heterocycles. The van der Waals surface area contributed by atoms with Gasteiger partial charge < -0.3 is 5.32 Å². The summed E-state index contributed by atoms with van der Waals surface area (Å²) in [6.45, 7) is 0.650. The van der Waals surface area contributed by atoms with Gasteiger partial charge in [0.25, 0.3) is 0 Å². The summed E-state index contributed by atoms with van der Waals surface area (Å²) in [5, 5.41) is 7.17. The van der Waals surface area contributed by atoms with Crippen LogP contribution in [0.5, 0.6) is 0 Å². The molecule has 1 N–H and O–H groups in total. The van der Waals surface area contributed by atoms with Gasteiger partial charge in [0.05, 0.1) is 6.20 Å². The largest absolute Gasteiger partial charge is 0.381 e. The Kier molecular flexibility index (Phi) is 2.67. The lowest BCUT2D eigenvalue weighted by molar-refractivity contribution is 0.628. The van der Waals surface area contributed by atoms with Gasteiger partial charge in [-0.25, -0.2) is 4.39 Å². The zero-order valence-corrected chi connectivity index (χ0v) is 8.44. The predicted octanol–water partition coefficient (Wildman–Crippen LogP) is 2.17. The minimum absolute atomic E-state index is 0.230. The van der Waals surface area contributed by atoms with Gasteiger partial charge in [-0.3, -0.25) is 4.68 Å². The van der Waals surface area contributed by atoms with Crippen molar-refractivity contribution >= 4 is 5.69 Å². The third kappa shape index (κ3) is 2.56. The average Bonchev–Trinajstić information content (AvgIpc) is 2.62. The molecule has 78 valence electrons. The van der Waals surface area contributed by atoms with E-state index in [0.717, 1.165) is 11.3 Å². The molecule has 0 aliphatic carbocycles. The summed E-state index contributed by atoms with van der Waals surface area (Å²) >= 11 is 0. The van der Waals surface area contributed by atoms with E-state index in [0.29, 0.717) is 6.54 Å². The van der Waals surface area contributed by atoms with Gasteiger partial charge in [0.2, 0.25) is 0 Å². The van der Waals surface area contributed by atoms with Gasteiger partial charge in [-0.05, 0) is 18.2 Å². The molecule has 15 heavy (non-hydrogen) atoms. The van der Waals surface area contributed by atoms with Gasteiger partial charge >= 0.3 is 0 Å². The van der Waals surface area contributed by atoms with Crippen LogP contribution in [0.25, 0.3) is 0 Å². The molecule has 0 radical (unpaired) electrons. The van der Waals surface area contributed by atoms with Crippen LogP contribution >= 0.6 is 0 Å². The molecule has 0 unspecified atom stereocenters. The van der Waals surface area contributed by atoms with Crippen LogP contribution in [-0.4, -0.2) is 9.78 Å². The Morgan fingerprint density at radius 1 is 1.47 bits per heavy atom. The second kappa shape index (κ2) is 4.13. The van der Waals surface area contributed by atoms with E-state index in [1.165, 1.54) is 12.1 Å². The number of anilines is 1. The number of nitrogens with one attached hydrogen (secondary N) is 1. The zero-order chi connectivity index (χ0) is 10.7. The van der Waals surface area contributed by atoms with Crippen molar-refractivity contribution in [3.8, 4) is 0 Å². The Labute approximate surface area is 87.5 Å². The lowest BCUT2D eigenvalue weighted by Crippen LogP contribution is -1.98. The highest BCUT2D eigenvalue weighted by Crippen LogP contribution is 2.10. The molecule has 2 aromatic rings. The molecule has 1 aromatic heterocycles. The third-order valence-electron chi connectivity index (χ3n) is 2.08. The summed E-state index contributed by atoms with van der Waals surface area (Å²) in [5.74, 6) is -0.230. The van der Waals surface area contributed by atoms with Crippen molar-refractivity contribution in [2.45, 2.75) is 6.54 Å². The summed E-state index contributed by atoms with van der Waals surface area (Å²) in [6.07, 6.45) is 3.71. The predicted molar refractivity (Wildman–Crippen MR) is 56.9 cm³/mol. The summed E-state index contributed by atoms with van der Waals surface area (Å²) in [6, 6.07) is 6.41. The van der Waals surface area contributed by atoms with E-state index in [-0.39, 0.29) is 5.82 Å². The average molecular weight is 205 g/mol. The summed E-state index contributed by atoms with van der Waals surface area (Å²) in [5.41, 5.74) is 1.85. The topological polar surface area (TPSA) is 29.9 Å². The van der Waals surface area contributed by atoms with Gasteiger partial charge in [-0.1, -0.05) is 6.07 Å². The molecular weight excluding hydrogens is 193 g/mol. The molecule has 1 heterocycles. The van der Waals surface area contributed by atoms with E-state index in [2.05, 4.69) is 10.4 Å². The highest BCUT2D eigenvalue weighted by Gasteiger charge is 1.97. The lowest BCUT2D eigenvalue weighted by atomic mass is 10.3. The second-order valence-corrected chi connectivity index (χ2v) is 3.39. The molecule has 1 aromatic carbocycles. The molecule has 0 spiro atoms. The van der Waals surface area contributed by atoms with Crippen molar-refractivity contribution < 1.29 is 4.39 Å². The van der Waals surface area contributed by atoms with Crippen LogP contribution in [0.4, 0.5) is 10.1 Å². The molecule has 4 heteroatoms.